The average Bonchev–Trinajstić information content (AvgIpc) is 3.00. The Morgan fingerprint density at radius 3 is 2.47 bits per heavy atom. The Bertz CT molecular complexity index is 314. The first kappa shape index (κ1) is 10.6. The maximum Gasteiger partial charge on any atom is 0.129 e. The fraction of sp³-hybridized carbons (Fsp3) is 0.500. The van der Waals surface area contributed by atoms with E-state index in [4.69, 9.17) is 0 Å². The molecule has 2 rings (SSSR count). The molecule has 82 valence electrons. The zero-order valence-electron chi connectivity index (χ0n) is 8.60. The van der Waals surface area contributed by atoms with Crippen LogP contribution in [-0.4, -0.2) is 12.6 Å². The monoisotopic (exact) mass is 211 g/mol. The summed E-state index contributed by atoms with van der Waals surface area (Å²) in [5.41, 5.74) is 0.218. The third kappa shape index (κ3) is 2.99. The van der Waals surface area contributed by atoms with Crippen molar-refractivity contribution in [2.24, 2.45) is 0 Å². The molecule has 15 heavy (non-hydrogen) atoms. The van der Waals surface area contributed by atoms with E-state index >= 15 is 0 Å². The van der Waals surface area contributed by atoms with Gasteiger partial charge in [0.05, 0.1) is 0 Å². The number of hydrogen-bond acceptors (Lipinski definition) is 1. The van der Waals surface area contributed by atoms with Crippen LogP contribution in [0.15, 0.2) is 18.2 Å². The van der Waals surface area contributed by atoms with Crippen LogP contribution in [0.5, 0.6) is 0 Å². The number of benzene rings is 1. The molecule has 1 aromatic rings. The second-order valence-corrected chi connectivity index (χ2v) is 4.03. The molecule has 0 saturated heterocycles. The normalized spacial score (nSPS) is 15.6. The van der Waals surface area contributed by atoms with Crippen LogP contribution in [-0.2, 0) is 6.42 Å². The van der Waals surface area contributed by atoms with Gasteiger partial charge in [0.15, 0.2) is 0 Å². The lowest BCUT2D eigenvalue weighted by atomic mass is 10.1. The van der Waals surface area contributed by atoms with Crippen LogP contribution in [0.2, 0.25) is 0 Å². The molecule has 1 aromatic carbocycles. The van der Waals surface area contributed by atoms with Crippen LogP contribution in [0.25, 0.3) is 0 Å². The van der Waals surface area contributed by atoms with Crippen LogP contribution in [0.1, 0.15) is 24.8 Å². The molecule has 0 aromatic heterocycles. The molecule has 0 spiro atoms. The highest BCUT2D eigenvalue weighted by Gasteiger charge is 2.19. The Kier molecular flexibility index (Phi) is 3.31. The molecule has 1 aliphatic rings. The Balaban J connectivity index is 1.80. The van der Waals surface area contributed by atoms with Gasteiger partial charge in [-0.2, -0.15) is 0 Å². The first-order valence-corrected chi connectivity index (χ1v) is 5.43. The van der Waals surface area contributed by atoms with Gasteiger partial charge in [-0.1, -0.05) is 6.07 Å². The van der Waals surface area contributed by atoms with Crippen molar-refractivity contribution in [2.75, 3.05) is 6.54 Å². The summed E-state index contributed by atoms with van der Waals surface area (Å²) >= 11 is 0. The van der Waals surface area contributed by atoms with Crippen molar-refractivity contribution in [1.82, 2.24) is 5.32 Å². The first-order valence-electron chi connectivity index (χ1n) is 5.43. The maximum atomic E-state index is 13.2. The summed E-state index contributed by atoms with van der Waals surface area (Å²) in [6.07, 6.45) is 3.74. The van der Waals surface area contributed by atoms with Gasteiger partial charge < -0.3 is 5.32 Å². The van der Waals surface area contributed by atoms with Gasteiger partial charge in [0.25, 0.3) is 0 Å². The predicted octanol–water partition coefficient (Wildman–Crippen LogP) is 2.65. The van der Waals surface area contributed by atoms with E-state index < -0.39 is 11.6 Å². The summed E-state index contributed by atoms with van der Waals surface area (Å²) in [5, 5.41) is 3.32. The van der Waals surface area contributed by atoms with Crippen molar-refractivity contribution in [1.29, 1.82) is 0 Å². The SMILES string of the molecule is Fc1cccc(F)c1CCCNC1CC1. The Morgan fingerprint density at radius 2 is 1.87 bits per heavy atom. The molecule has 1 nitrogen and oxygen atoms in total. The van der Waals surface area contributed by atoms with Crippen molar-refractivity contribution in [2.45, 2.75) is 31.7 Å². The lowest BCUT2D eigenvalue weighted by Crippen LogP contribution is -2.18. The molecular formula is C12H15F2N. The van der Waals surface area contributed by atoms with Gasteiger partial charge in [-0.15, -0.1) is 0 Å². The lowest BCUT2D eigenvalue weighted by molar-refractivity contribution is 0.543. The minimum Gasteiger partial charge on any atom is -0.314 e. The molecule has 1 aliphatic carbocycles. The van der Waals surface area contributed by atoms with E-state index in [0.29, 0.717) is 12.5 Å². The number of hydrogen-bond donors (Lipinski definition) is 1. The van der Waals surface area contributed by atoms with Gasteiger partial charge in [0, 0.05) is 11.6 Å². The first-order chi connectivity index (χ1) is 7.27. The summed E-state index contributed by atoms with van der Waals surface area (Å²) in [6.45, 7) is 0.846. The van der Waals surface area contributed by atoms with E-state index in [-0.39, 0.29) is 5.56 Å². The summed E-state index contributed by atoms with van der Waals surface area (Å²) < 4.78 is 26.4. The fourth-order valence-electron chi connectivity index (χ4n) is 1.63. The van der Waals surface area contributed by atoms with E-state index in [0.717, 1.165) is 13.0 Å². The lowest BCUT2D eigenvalue weighted by Gasteiger charge is -2.05. The molecule has 1 N–H and O–H groups in total. The molecule has 3 heteroatoms. The molecule has 0 atom stereocenters. The summed E-state index contributed by atoms with van der Waals surface area (Å²) in [6, 6.07) is 4.69. The van der Waals surface area contributed by atoms with Gasteiger partial charge in [0.2, 0.25) is 0 Å². The molecule has 0 heterocycles. The second kappa shape index (κ2) is 4.71. The van der Waals surface area contributed by atoms with Gasteiger partial charge in [-0.3, -0.25) is 0 Å². The molecule has 0 radical (unpaired) electrons. The van der Waals surface area contributed by atoms with E-state index in [2.05, 4.69) is 5.32 Å². The molecular weight excluding hydrogens is 196 g/mol. The van der Waals surface area contributed by atoms with Crippen LogP contribution in [0.3, 0.4) is 0 Å². The molecule has 1 fully saturated rings. The molecule has 0 bridgehead atoms. The van der Waals surface area contributed by atoms with Crippen molar-refractivity contribution in [3.63, 3.8) is 0 Å². The Hall–Kier alpha value is -0.960. The van der Waals surface area contributed by atoms with Gasteiger partial charge in [-0.05, 0) is 44.4 Å². The molecule has 0 unspecified atom stereocenters. The van der Waals surface area contributed by atoms with Crippen molar-refractivity contribution in [3.05, 3.63) is 35.4 Å². The Labute approximate surface area is 88.5 Å². The highest BCUT2D eigenvalue weighted by molar-refractivity contribution is 5.19. The minimum absolute atomic E-state index is 0.218. The smallest absolute Gasteiger partial charge is 0.129 e. The standard InChI is InChI=1S/C12H15F2N/c13-11-4-1-5-12(14)10(11)3-2-8-15-9-6-7-9/h1,4-5,9,15H,2-3,6-8H2. The fourth-order valence-corrected chi connectivity index (χ4v) is 1.63. The highest BCUT2D eigenvalue weighted by atomic mass is 19.1. The zero-order valence-corrected chi connectivity index (χ0v) is 8.60. The van der Waals surface area contributed by atoms with E-state index in [1.807, 2.05) is 0 Å². The predicted molar refractivity (Wildman–Crippen MR) is 55.7 cm³/mol. The van der Waals surface area contributed by atoms with Gasteiger partial charge >= 0.3 is 0 Å². The van der Waals surface area contributed by atoms with Crippen LogP contribution in [0.4, 0.5) is 8.78 Å². The number of rotatable bonds is 5. The van der Waals surface area contributed by atoms with Crippen LogP contribution < -0.4 is 5.32 Å². The van der Waals surface area contributed by atoms with Crippen molar-refractivity contribution in [3.8, 4) is 0 Å². The third-order valence-corrected chi connectivity index (χ3v) is 2.68. The molecule has 0 aliphatic heterocycles. The maximum absolute atomic E-state index is 13.2. The van der Waals surface area contributed by atoms with Gasteiger partial charge in [-0.25, -0.2) is 8.78 Å². The van der Waals surface area contributed by atoms with Crippen molar-refractivity contribution < 1.29 is 8.78 Å². The summed E-state index contributed by atoms with van der Waals surface area (Å²) in [5.74, 6) is -0.858. The second-order valence-electron chi connectivity index (χ2n) is 4.03. The molecule has 0 amide bonds. The van der Waals surface area contributed by atoms with Crippen LogP contribution in [0, 0.1) is 11.6 Å². The summed E-state index contributed by atoms with van der Waals surface area (Å²) in [7, 11) is 0. The summed E-state index contributed by atoms with van der Waals surface area (Å²) in [4.78, 5) is 0. The van der Waals surface area contributed by atoms with E-state index in [1.54, 1.807) is 0 Å². The molecule has 1 saturated carbocycles. The quantitative estimate of drug-likeness (QED) is 0.738. The van der Waals surface area contributed by atoms with Crippen LogP contribution >= 0.6 is 0 Å². The number of halogens is 2. The largest absolute Gasteiger partial charge is 0.314 e. The minimum atomic E-state index is -0.429. The van der Waals surface area contributed by atoms with Gasteiger partial charge in [0.1, 0.15) is 11.6 Å². The van der Waals surface area contributed by atoms with E-state index in [9.17, 15) is 8.78 Å². The zero-order chi connectivity index (χ0) is 10.7. The third-order valence-electron chi connectivity index (χ3n) is 2.68. The Morgan fingerprint density at radius 1 is 1.20 bits per heavy atom. The van der Waals surface area contributed by atoms with Crippen molar-refractivity contribution >= 4 is 0 Å². The highest BCUT2D eigenvalue weighted by Crippen LogP contribution is 2.19. The average molecular weight is 211 g/mol. The topological polar surface area (TPSA) is 12.0 Å². The van der Waals surface area contributed by atoms with E-state index in [1.165, 1.54) is 31.0 Å². The number of nitrogens with one attached hydrogen (secondary N) is 1.